The molecule has 1 fully saturated rings. The average Bonchev–Trinajstić information content (AvgIpc) is 2.56. The van der Waals surface area contributed by atoms with Crippen LogP contribution in [-0.4, -0.2) is 43.8 Å². The monoisotopic (exact) mass is 418 g/mol. The number of nitrogen functional groups attached to an aromatic ring is 1. The van der Waals surface area contributed by atoms with Crippen molar-refractivity contribution in [2.24, 2.45) is 0 Å². The Hall–Kier alpha value is -1.19. The third kappa shape index (κ3) is 4.90. The number of hydrogen-bond acceptors (Lipinski definition) is 5. The van der Waals surface area contributed by atoms with Gasteiger partial charge in [0, 0.05) is 36.7 Å². The highest BCUT2D eigenvalue weighted by Gasteiger charge is 2.23. The quantitative estimate of drug-likeness (QED) is 0.733. The fraction of sp³-hybridized carbons (Fsp3) is 0.600. The molecule has 134 valence electrons. The Balaban J connectivity index is 1.90. The summed E-state index contributed by atoms with van der Waals surface area (Å²) in [6.07, 6.45) is 7.10. The normalized spacial score (nSPS) is 16.1. The third-order valence-corrected chi connectivity index (χ3v) is 6.21. The Morgan fingerprint density at radius 3 is 2.75 bits per heavy atom. The molecule has 0 bridgehead atoms. The summed E-state index contributed by atoms with van der Waals surface area (Å²) >= 11 is 3.17. The van der Waals surface area contributed by atoms with Crippen LogP contribution in [0.4, 0.5) is 5.82 Å². The van der Waals surface area contributed by atoms with E-state index in [0.717, 1.165) is 25.7 Å². The lowest BCUT2D eigenvalue weighted by molar-refractivity contribution is -0.132. The highest BCUT2D eigenvalue weighted by molar-refractivity contribution is 9.10. The first-order valence-corrected chi connectivity index (χ1v) is 10.2. The minimum Gasteiger partial charge on any atom is -0.383 e. The summed E-state index contributed by atoms with van der Waals surface area (Å²) < 4.78 is 27.5. The zero-order valence-corrected chi connectivity index (χ0v) is 16.1. The second-order valence-electron chi connectivity index (χ2n) is 5.98. The third-order valence-electron chi connectivity index (χ3n) is 4.28. The Kier molecular flexibility index (Phi) is 6.59. The molecule has 2 rings (SSSR count). The van der Waals surface area contributed by atoms with Crippen molar-refractivity contribution in [2.45, 2.75) is 49.5 Å². The Labute approximate surface area is 151 Å². The van der Waals surface area contributed by atoms with Crippen molar-refractivity contribution in [2.75, 3.05) is 19.3 Å². The van der Waals surface area contributed by atoms with E-state index in [0.29, 0.717) is 4.47 Å². The zero-order chi connectivity index (χ0) is 17.7. The molecule has 1 saturated carbocycles. The van der Waals surface area contributed by atoms with Crippen LogP contribution in [-0.2, 0) is 14.8 Å². The minimum atomic E-state index is -3.80. The maximum Gasteiger partial charge on any atom is 0.244 e. The predicted octanol–water partition coefficient (Wildman–Crippen LogP) is 1.89. The number of halogens is 1. The summed E-state index contributed by atoms with van der Waals surface area (Å²) in [5, 5.41) is 0. The van der Waals surface area contributed by atoms with Gasteiger partial charge in [-0.2, -0.15) is 0 Å². The van der Waals surface area contributed by atoms with E-state index in [9.17, 15) is 13.2 Å². The van der Waals surface area contributed by atoms with Crippen LogP contribution in [0.5, 0.6) is 0 Å². The molecule has 1 aliphatic carbocycles. The van der Waals surface area contributed by atoms with E-state index < -0.39 is 10.0 Å². The lowest BCUT2D eigenvalue weighted by atomic mass is 9.94. The van der Waals surface area contributed by atoms with Crippen LogP contribution in [0.2, 0.25) is 0 Å². The molecule has 3 N–H and O–H groups in total. The molecule has 0 saturated heterocycles. The van der Waals surface area contributed by atoms with Crippen LogP contribution < -0.4 is 10.5 Å². The highest BCUT2D eigenvalue weighted by Crippen LogP contribution is 2.22. The molecule has 7 nitrogen and oxygen atoms in total. The lowest BCUT2D eigenvalue weighted by Crippen LogP contribution is -2.39. The highest BCUT2D eigenvalue weighted by atomic mass is 79.9. The van der Waals surface area contributed by atoms with Gasteiger partial charge in [-0.3, -0.25) is 4.79 Å². The summed E-state index contributed by atoms with van der Waals surface area (Å²) in [7, 11) is -2.00. The molecule has 0 spiro atoms. The van der Waals surface area contributed by atoms with E-state index in [2.05, 4.69) is 25.6 Å². The van der Waals surface area contributed by atoms with Crippen LogP contribution in [0.15, 0.2) is 21.6 Å². The summed E-state index contributed by atoms with van der Waals surface area (Å²) in [6, 6.07) is 1.66. The molecule has 0 atom stereocenters. The van der Waals surface area contributed by atoms with Crippen molar-refractivity contribution in [1.82, 2.24) is 14.6 Å². The molecular formula is C15H23BrN4O3S. The Morgan fingerprint density at radius 2 is 2.08 bits per heavy atom. The maximum atomic E-state index is 12.3. The van der Waals surface area contributed by atoms with Crippen LogP contribution in [0.1, 0.15) is 38.5 Å². The van der Waals surface area contributed by atoms with E-state index in [4.69, 9.17) is 5.73 Å². The van der Waals surface area contributed by atoms with Crippen LogP contribution in [0.3, 0.4) is 0 Å². The van der Waals surface area contributed by atoms with Crippen LogP contribution in [0.25, 0.3) is 0 Å². The molecule has 1 aromatic rings. The number of hydrogen-bond donors (Lipinski definition) is 2. The summed E-state index contributed by atoms with van der Waals surface area (Å²) in [6.45, 7) is 0.0319. The van der Waals surface area contributed by atoms with Gasteiger partial charge in [-0.05, 0) is 34.8 Å². The molecule has 0 radical (unpaired) electrons. The maximum absolute atomic E-state index is 12.3. The van der Waals surface area contributed by atoms with Gasteiger partial charge in [-0.25, -0.2) is 18.1 Å². The number of nitrogens with two attached hydrogens (primary N) is 1. The topological polar surface area (TPSA) is 105 Å². The largest absolute Gasteiger partial charge is 0.383 e. The first-order valence-electron chi connectivity index (χ1n) is 7.97. The number of carbonyl (C=O) groups is 1. The predicted molar refractivity (Wildman–Crippen MR) is 95.8 cm³/mol. The van der Waals surface area contributed by atoms with E-state index >= 15 is 0 Å². The Morgan fingerprint density at radius 1 is 1.42 bits per heavy atom. The van der Waals surface area contributed by atoms with Gasteiger partial charge in [-0.15, -0.1) is 0 Å². The van der Waals surface area contributed by atoms with Crippen LogP contribution >= 0.6 is 15.9 Å². The standard InChI is InChI=1S/C15H23BrN4O3S/c1-20(12-5-3-2-4-6-12)14(21)7-8-19-24(22,23)13-9-11(16)10-18-15(13)17/h9-10,12,19H,2-8H2,1H3,(H2,17,18). The number of anilines is 1. The summed E-state index contributed by atoms with van der Waals surface area (Å²) in [5.74, 6) is -0.124. The zero-order valence-electron chi connectivity index (χ0n) is 13.7. The van der Waals surface area contributed by atoms with E-state index in [1.165, 1.54) is 18.7 Å². The molecule has 24 heavy (non-hydrogen) atoms. The van der Waals surface area contributed by atoms with E-state index in [1.54, 1.807) is 11.9 Å². The smallest absolute Gasteiger partial charge is 0.244 e. The fourth-order valence-electron chi connectivity index (χ4n) is 2.86. The SMILES string of the molecule is CN(C(=O)CCNS(=O)(=O)c1cc(Br)cnc1N)C1CCCCC1. The van der Waals surface area contributed by atoms with Crippen molar-refractivity contribution in [1.29, 1.82) is 0 Å². The number of sulfonamides is 1. The number of nitrogens with zero attached hydrogens (tertiary/aromatic N) is 2. The first-order chi connectivity index (χ1) is 11.3. The van der Waals surface area contributed by atoms with Gasteiger partial charge in [-0.1, -0.05) is 19.3 Å². The molecule has 1 aliphatic rings. The minimum absolute atomic E-state index is 0.0319. The van der Waals surface area contributed by atoms with Gasteiger partial charge in [0.2, 0.25) is 15.9 Å². The lowest BCUT2D eigenvalue weighted by Gasteiger charge is -2.31. The van der Waals surface area contributed by atoms with Crippen molar-refractivity contribution in [3.8, 4) is 0 Å². The van der Waals surface area contributed by atoms with Gasteiger partial charge < -0.3 is 10.6 Å². The van der Waals surface area contributed by atoms with E-state index in [1.807, 2.05) is 0 Å². The second kappa shape index (κ2) is 8.26. The molecule has 0 unspecified atom stereocenters. The molecule has 0 aromatic carbocycles. The molecule has 1 aromatic heterocycles. The molecular weight excluding hydrogens is 396 g/mol. The summed E-state index contributed by atoms with van der Waals surface area (Å²) in [5.41, 5.74) is 5.63. The number of carbonyl (C=O) groups excluding carboxylic acids is 1. The Bertz CT molecular complexity index is 690. The van der Waals surface area contributed by atoms with Crippen molar-refractivity contribution >= 4 is 37.7 Å². The van der Waals surface area contributed by atoms with Gasteiger partial charge in [0.15, 0.2) is 0 Å². The number of aromatic nitrogens is 1. The number of rotatable bonds is 6. The number of pyridine rings is 1. The van der Waals surface area contributed by atoms with Gasteiger partial charge >= 0.3 is 0 Å². The summed E-state index contributed by atoms with van der Waals surface area (Å²) in [4.78, 5) is 17.7. The van der Waals surface area contributed by atoms with E-state index in [-0.39, 0.29) is 35.6 Å². The number of nitrogens with one attached hydrogen (secondary N) is 1. The molecule has 1 heterocycles. The van der Waals surface area contributed by atoms with Gasteiger partial charge in [0.05, 0.1) is 0 Å². The molecule has 9 heteroatoms. The fourth-order valence-corrected chi connectivity index (χ4v) is 4.48. The van der Waals surface area contributed by atoms with Crippen molar-refractivity contribution in [3.63, 3.8) is 0 Å². The average molecular weight is 419 g/mol. The first kappa shape index (κ1) is 19.1. The van der Waals surface area contributed by atoms with Gasteiger partial charge in [0.25, 0.3) is 0 Å². The van der Waals surface area contributed by atoms with Crippen LogP contribution in [0, 0.1) is 0 Å². The molecule has 0 aliphatic heterocycles. The van der Waals surface area contributed by atoms with Crippen molar-refractivity contribution in [3.05, 3.63) is 16.7 Å². The number of amides is 1. The second-order valence-corrected chi connectivity index (χ2v) is 8.63. The molecule has 1 amide bonds. The van der Waals surface area contributed by atoms with Crippen molar-refractivity contribution < 1.29 is 13.2 Å². The van der Waals surface area contributed by atoms with Gasteiger partial charge in [0.1, 0.15) is 10.7 Å².